The highest BCUT2D eigenvalue weighted by molar-refractivity contribution is 7.80. The first-order valence-electron chi connectivity index (χ1n) is 10.8. The maximum Gasteiger partial charge on any atom is 0.257 e. The fraction of sp³-hybridized carbons (Fsp3) is 0.0357. The number of hydrogen-bond acceptors (Lipinski definition) is 3. The molecule has 0 aliphatic heterocycles. The van der Waals surface area contributed by atoms with Crippen LogP contribution in [0.2, 0.25) is 0 Å². The molecule has 168 valence electrons. The number of benzene rings is 4. The lowest BCUT2D eigenvalue weighted by molar-refractivity contribution is -0.115. The van der Waals surface area contributed by atoms with E-state index in [2.05, 4.69) is 16.0 Å². The zero-order valence-corrected chi connectivity index (χ0v) is 19.1. The lowest BCUT2D eigenvalue weighted by atomic mass is 10.0. The van der Waals surface area contributed by atoms with E-state index in [1.165, 1.54) is 0 Å². The highest BCUT2D eigenvalue weighted by Crippen LogP contribution is 2.19. The third-order valence-corrected chi connectivity index (χ3v) is 5.32. The smallest absolute Gasteiger partial charge is 0.257 e. The van der Waals surface area contributed by atoms with Crippen LogP contribution < -0.4 is 16.0 Å². The predicted octanol–water partition coefficient (Wildman–Crippen LogP) is 5.66. The molecule has 0 saturated heterocycles. The molecule has 2 amide bonds. The van der Waals surface area contributed by atoms with Crippen LogP contribution in [0.25, 0.3) is 11.1 Å². The Morgan fingerprint density at radius 3 is 1.76 bits per heavy atom. The van der Waals surface area contributed by atoms with Gasteiger partial charge in [0.05, 0.1) is 6.42 Å². The Balaban J connectivity index is 1.28. The lowest BCUT2D eigenvalue weighted by Gasteiger charge is -2.11. The van der Waals surface area contributed by atoms with E-state index in [0.717, 1.165) is 16.7 Å². The van der Waals surface area contributed by atoms with Crippen molar-refractivity contribution in [2.45, 2.75) is 6.42 Å². The van der Waals surface area contributed by atoms with Crippen LogP contribution >= 0.6 is 12.2 Å². The van der Waals surface area contributed by atoms with Gasteiger partial charge in [-0.05, 0) is 65.3 Å². The van der Waals surface area contributed by atoms with E-state index in [4.69, 9.17) is 12.2 Å². The average molecular weight is 466 g/mol. The summed E-state index contributed by atoms with van der Waals surface area (Å²) in [4.78, 5) is 24.7. The van der Waals surface area contributed by atoms with Gasteiger partial charge in [-0.3, -0.25) is 14.9 Å². The van der Waals surface area contributed by atoms with Crippen LogP contribution in [0.5, 0.6) is 0 Å². The topological polar surface area (TPSA) is 70.2 Å². The first-order chi connectivity index (χ1) is 16.6. The minimum Gasteiger partial charge on any atom is -0.332 e. The second-order valence-electron chi connectivity index (χ2n) is 7.64. The zero-order valence-electron chi connectivity index (χ0n) is 18.3. The van der Waals surface area contributed by atoms with Crippen molar-refractivity contribution in [3.8, 4) is 11.1 Å². The van der Waals surface area contributed by atoms with Gasteiger partial charge in [-0.2, -0.15) is 0 Å². The normalized spacial score (nSPS) is 10.2. The van der Waals surface area contributed by atoms with Gasteiger partial charge in [0.25, 0.3) is 5.91 Å². The molecule has 5 nitrogen and oxygen atoms in total. The van der Waals surface area contributed by atoms with Crippen LogP contribution in [-0.4, -0.2) is 16.9 Å². The van der Waals surface area contributed by atoms with E-state index in [1.807, 2.05) is 72.8 Å². The van der Waals surface area contributed by atoms with Crippen LogP contribution in [0.15, 0.2) is 109 Å². The summed E-state index contributed by atoms with van der Waals surface area (Å²) < 4.78 is 0. The second-order valence-corrected chi connectivity index (χ2v) is 8.05. The molecule has 4 aromatic carbocycles. The molecule has 0 aliphatic rings. The Hall–Kier alpha value is -4.29. The Morgan fingerprint density at radius 2 is 1.15 bits per heavy atom. The average Bonchev–Trinajstić information content (AvgIpc) is 2.86. The molecule has 0 saturated carbocycles. The number of nitrogens with one attached hydrogen (secondary N) is 3. The molecule has 3 N–H and O–H groups in total. The summed E-state index contributed by atoms with van der Waals surface area (Å²) in [6.07, 6.45) is 0.309. The summed E-state index contributed by atoms with van der Waals surface area (Å²) in [5.41, 5.74) is 4.97. The molecule has 0 fully saturated rings. The SMILES string of the molecule is O=C(Cc1ccccc1)Nc1ccc(NC(=S)NC(=O)c2ccc(-c3ccccc3)cc2)cc1. The molecule has 0 radical (unpaired) electrons. The van der Waals surface area contributed by atoms with Crippen LogP contribution in [0.1, 0.15) is 15.9 Å². The summed E-state index contributed by atoms with van der Waals surface area (Å²) in [5, 5.41) is 8.74. The van der Waals surface area contributed by atoms with Crippen molar-refractivity contribution in [3.63, 3.8) is 0 Å². The van der Waals surface area contributed by atoms with E-state index in [-0.39, 0.29) is 16.9 Å². The summed E-state index contributed by atoms with van der Waals surface area (Å²) in [7, 11) is 0. The zero-order chi connectivity index (χ0) is 23.8. The van der Waals surface area contributed by atoms with Crippen LogP contribution in [-0.2, 0) is 11.2 Å². The fourth-order valence-electron chi connectivity index (χ4n) is 3.41. The molecule has 4 rings (SSSR count). The number of hydrogen-bond donors (Lipinski definition) is 3. The number of amides is 2. The van der Waals surface area contributed by atoms with E-state index < -0.39 is 0 Å². The quantitative estimate of drug-likeness (QED) is 0.321. The van der Waals surface area contributed by atoms with Gasteiger partial charge in [-0.1, -0.05) is 72.8 Å². The van der Waals surface area contributed by atoms with Gasteiger partial charge in [0, 0.05) is 16.9 Å². The van der Waals surface area contributed by atoms with Crippen LogP contribution in [0.4, 0.5) is 11.4 Å². The van der Waals surface area contributed by atoms with Crippen LogP contribution in [0.3, 0.4) is 0 Å². The predicted molar refractivity (Wildman–Crippen MR) is 141 cm³/mol. The molecule has 0 aliphatic carbocycles. The van der Waals surface area contributed by atoms with Crippen molar-refractivity contribution in [3.05, 3.63) is 120 Å². The molecule has 0 bridgehead atoms. The largest absolute Gasteiger partial charge is 0.332 e. The lowest BCUT2D eigenvalue weighted by Crippen LogP contribution is -2.34. The van der Waals surface area contributed by atoms with Gasteiger partial charge in [0.1, 0.15) is 0 Å². The highest BCUT2D eigenvalue weighted by Gasteiger charge is 2.09. The van der Waals surface area contributed by atoms with Crippen LogP contribution in [0, 0.1) is 0 Å². The minimum atomic E-state index is -0.290. The Morgan fingerprint density at radius 1 is 0.618 bits per heavy atom. The third-order valence-electron chi connectivity index (χ3n) is 5.12. The maximum absolute atomic E-state index is 12.5. The molecule has 6 heteroatoms. The molecular formula is C28H23N3O2S. The summed E-state index contributed by atoms with van der Waals surface area (Å²) in [6, 6.07) is 34.0. The number of carbonyl (C=O) groups excluding carboxylic acids is 2. The van der Waals surface area contributed by atoms with E-state index in [1.54, 1.807) is 36.4 Å². The monoisotopic (exact) mass is 465 g/mol. The van der Waals surface area contributed by atoms with Gasteiger partial charge in [0.15, 0.2) is 5.11 Å². The molecule has 0 heterocycles. The second kappa shape index (κ2) is 11.0. The van der Waals surface area contributed by atoms with Gasteiger partial charge < -0.3 is 10.6 Å². The fourth-order valence-corrected chi connectivity index (χ4v) is 3.62. The first-order valence-corrected chi connectivity index (χ1v) is 11.2. The number of anilines is 2. The third kappa shape index (κ3) is 6.37. The van der Waals surface area contributed by atoms with Gasteiger partial charge >= 0.3 is 0 Å². The van der Waals surface area contributed by atoms with Gasteiger partial charge in [-0.25, -0.2) is 0 Å². The first kappa shape index (κ1) is 22.9. The Labute approximate surface area is 203 Å². The molecule has 0 unspecified atom stereocenters. The van der Waals surface area contributed by atoms with Crippen molar-refractivity contribution in [2.75, 3.05) is 10.6 Å². The molecule has 0 spiro atoms. The number of thiocarbonyl (C=S) groups is 1. The highest BCUT2D eigenvalue weighted by atomic mass is 32.1. The van der Waals surface area contributed by atoms with Gasteiger partial charge in [0.2, 0.25) is 5.91 Å². The molecular weight excluding hydrogens is 442 g/mol. The van der Waals surface area contributed by atoms with Crippen molar-refractivity contribution in [1.82, 2.24) is 5.32 Å². The van der Waals surface area contributed by atoms with Gasteiger partial charge in [-0.15, -0.1) is 0 Å². The Kier molecular flexibility index (Phi) is 7.42. The van der Waals surface area contributed by atoms with E-state index in [9.17, 15) is 9.59 Å². The van der Waals surface area contributed by atoms with Crippen molar-refractivity contribution < 1.29 is 9.59 Å². The molecule has 4 aromatic rings. The summed E-state index contributed by atoms with van der Waals surface area (Å²) in [5.74, 6) is -0.380. The summed E-state index contributed by atoms with van der Waals surface area (Å²) in [6.45, 7) is 0. The number of rotatable bonds is 6. The summed E-state index contributed by atoms with van der Waals surface area (Å²) >= 11 is 5.28. The number of carbonyl (C=O) groups is 2. The minimum absolute atomic E-state index is 0.0898. The molecule has 34 heavy (non-hydrogen) atoms. The molecule has 0 aromatic heterocycles. The maximum atomic E-state index is 12.5. The standard InChI is InChI=1S/C28H23N3O2S/c32-26(19-20-7-3-1-4-8-20)29-24-15-17-25(18-16-24)30-28(34)31-27(33)23-13-11-22(12-14-23)21-9-5-2-6-10-21/h1-18H,19H2,(H,29,32)(H2,30,31,33,34). The van der Waals surface area contributed by atoms with Crippen molar-refractivity contribution >= 4 is 40.5 Å². The molecule has 0 atom stereocenters. The van der Waals surface area contributed by atoms with E-state index in [0.29, 0.717) is 23.4 Å². The van der Waals surface area contributed by atoms with Crippen molar-refractivity contribution in [1.29, 1.82) is 0 Å². The van der Waals surface area contributed by atoms with Crippen molar-refractivity contribution in [2.24, 2.45) is 0 Å². The Bertz CT molecular complexity index is 1270. The van der Waals surface area contributed by atoms with E-state index >= 15 is 0 Å².